The van der Waals surface area contributed by atoms with Crippen LogP contribution < -0.4 is 10.2 Å². The van der Waals surface area contributed by atoms with Gasteiger partial charge in [-0.3, -0.25) is 14.5 Å². The Kier molecular flexibility index (Phi) is 5.86. The highest BCUT2D eigenvalue weighted by Crippen LogP contribution is 2.45. The van der Waals surface area contributed by atoms with Crippen molar-refractivity contribution < 1.29 is 18.4 Å². The lowest BCUT2D eigenvalue weighted by molar-refractivity contribution is -0.136. The maximum Gasteiger partial charge on any atom is 0.261 e. The van der Waals surface area contributed by atoms with Gasteiger partial charge in [0, 0.05) is 54.5 Å². The van der Waals surface area contributed by atoms with E-state index in [1.54, 1.807) is 48.4 Å². The summed E-state index contributed by atoms with van der Waals surface area (Å²) in [6, 6.07) is 9.55. The Morgan fingerprint density at radius 2 is 1.89 bits per heavy atom. The Hall–Kier alpha value is -3.59. The summed E-state index contributed by atoms with van der Waals surface area (Å²) >= 11 is 6.13. The number of aromatic nitrogens is 2. The molecule has 3 atom stereocenters. The average Bonchev–Trinajstić information content (AvgIpc) is 3.62. The van der Waals surface area contributed by atoms with Gasteiger partial charge < -0.3 is 10.2 Å². The van der Waals surface area contributed by atoms with Crippen molar-refractivity contribution in [2.45, 2.75) is 31.7 Å². The van der Waals surface area contributed by atoms with Crippen LogP contribution in [-0.4, -0.2) is 52.4 Å². The van der Waals surface area contributed by atoms with E-state index >= 15 is 8.78 Å². The van der Waals surface area contributed by atoms with Crippen LogP contribution in [0.1, 0.15) is 41.8 Å². The summed E-state index contributed by atoms with van der Waals surface area (Å²) in [5.74, 6) is -0.894. The number of anilines is 2. The molecule has 0 spiro atoms. The minimum Gasteiger partial charge on any atom is -0.361 e. The fourth-order valence-electron chi connectivity index (χ4n) is 5.59. The number of fused-ring (bicyclic) bond motifs is 1. The molecular weight excluding hydrogens is 512 g/mol. The lowest BCUT2D eigenvalue weighted by Crippen LogP contribution is -2.57. The lowest BCUT2D eigenvalue weighted by atomic mass is 9.71. The molecule has 2 aromatic heterocycles. The van der Waals surface area contributed by atoms with Crippen LogP contribution in [0.25, 0.3) is 0 Å². The monoisotopic (exact) mass is 537 g/mol. The third-order valence-corrected chi connectivity index (χ3v) is 8.25. The minimum atomic E-state index is -1.30. The van der Waals surface area contributed by atoms with Crippen molar-refractivity contribution in [2.75, 3.05) is 29.9 Å². The topological polar surface area (TPSA) is 78.4 Å². The van der Waals surface area contributed by atoms with E-state index in [2.05, 4.69) is 22.2 Å². The van der Waals surface area contributed by atoms with E-state index in [9.17, 15) is 9.59 Å². The second-order valence-corrected chi connectivity index (χ2v) is 11.0. The molecule has 2 unspecified atom stereocenters. The van der Waals surface area contributed by atoms with Crippen LogP contribution in [0.4, 0.5) is 20.4 Å². The normalized spacial score (nSPS) is 24.6. The number of benzene rings is 1. The molecule has 1 aromatic carbocycles. The van der Waals surface area contributed by atoms with Gasteiger partial charge >= 0.3 is 0 Å². The first-order valence-electron chi connectivity index (χ1n) is 12.6. The van der Waals surface area contributed by atoms with Gasteiger partial charge in [0.25, 0.3) is 5.91 Å². The second kappa shape index (κ2) is 9.01. The zero-order valence-electron chi connectivity index (χ0n) is 20.9. The highest BCUT2D eigenvalue weighted by atomic mass is 35.5. The molecule has 0 bridgehead atoms. The molecule has 7 nitrogen and oxygen atoms in total. The van der Waals surface area contributed by atoms with E-state index in [0.29, 0.717) is 24.8 Å². The number of pyridine rings is 2. The minimum absolute atomic E-state index is 0.0277. The van der Waals surface area contributed by atoms with Gasteiger partial charge in [-0.15, -0.1) is 0 Å². The molecule has 2 aliphatic heterocycles. The SMILES string of the molecule is CC1CC1C(=O)N1CC(Nc2ncc3c(c2F)[C@@](C)(c2cccc(Cl)c2F)CN(c2ccccn2)C3=O)C1. The smallest absolute Gasteiger partial charge is 0.261 e. The van der Waals surface area contributed by atoms with Gasteiger partial charge in [0.05, 0.1) is 16.6 Å². The number of hydrogen-bond acceptors (Lipinski definition) is 5. The number of likely N-dealkylation sites (tertiary alicyclic amines) is 1. The van der Waals surface area contributed by atoms with Crippen LogP contribution in [0.2, 0.25) is 5.02 Å². The highest BCUT2D eigenvalue weighted by Gasteiger charge is 2.48. The predicted octanol–water partition coefficient (Wildman–Crippen LogP) is 4.65. The Bertz CT molecular complexity index is 1450. The van der Waals surface area contributed by atoms with E-state index < -0.39 is 23.0 Å². The Labute approximate surface area is 223 Å². The number of amides is 2. The number of nitrogens with one attached hydrogen (secondary N) is 1. The van der Waals surface area contributed by atoms with Crippen LogP contribution in [0, 0.1) is 23.5 Å². The molecular formula is C28H26ClF2N5O2. The molecule has 4 heterocycles. The van der Waals surface area contributed by atoms with E-state index in [1.165, 1.54) is 17.2 Å². The maximum atomic E-state index is 16.3. The molecule has 196 valence electrons. The summed E-state index contributed by atoms with van der Waals surface area (Å²) in [5.41, 5.74) is -1.06. The summed E-state index contributed by atoms with van der Waals surface area (Å²) in [7, 11) is 0. The summed E-state index contributed by atoms with van der Waals surface area (Å²) < 4.78 is 31.7. The molecule has 1 aliphatic carbocycles. The Balaban J connectivity index is 1.38. The maximum absolute atomic E-state index is 16.3. The molecule has 1 N–H and O–H groups in total. The zero-order valence-corrected chi connectivity index (χ0v) is 21.7. The molecule has 2 fully saturated rings. The number of rotatable bonds is 5. The van der Waals surface area contributed by atoms with Crippen molar-refractivity contribution in [3.63, 3.8) is 0 Å². The first-order valence-corrected chi connectivity index (χ1v) is 13.0. The van der Waals surface area contributed by atoms with E-state index in [1.807, 2.05) is 0 Å². The van der Waals surface area contributed by atoms with Gasteiger partial charge in [0.1, 0.15) is 11.6 Å². The number of halogens is 3. The summed E-state index contributed by atoms with van der Waals surface area (Å²) in [6.07, 6.45) is 3.79. The molecule has 1 saturated heterocycles. The van der Waals surface area contributed by atoms with Gasteiger partial charge in [-0.05, 0) is 37.5 Å². The fraction of sp³-hybridized carbons (Fsp3) is 0.357. The van der Waals surface area contributed by atoms with Gasteiger partial charge in [-0.1, -0.05) is 36.7 Å². The van der Waals surface area contributed by atoms with Crippen molar-refractivity contribution in [2.24, 2.45) is 11.8 Å². The van der Waals surface area contributed by atoms with Gasteiger partial charge in [-0.25, -0.2) is 18.7 Å². The highest BCUT2D eigenvalue weighted by molar-refractivity contribution is 6.30. The third kappa shape index (κ3) is 3.91. The van der Waals surface area contributed by atoms with E-state index in [4.69, 9.17) is 11.6 Å². The first-order chi connectivity index (χ1) is 18.2. The lowest BCUT2D eigenvalue weighted by Gasteiger charge is -2.43. The summed E-state index contributed by atoms with van der Waals surface area (Å²) in [4.78, 5) is 37.7. The Morgan fingerprint density at radius 1 is 1.13 bits per heavy atom. The molecule has 3 aliphatic rings. The quantitative estimate of drug-likeness (QED) is 0.512. The summed E-state index contributed by atoms with van der Waals surface area (Å²) in [5, 5.41) is 2.99. The molecule has 6 rings (SSSR count). The predicted molar refractivity (Wildman–Crippen MR) is 139 cm³/mol. The number of carbonyl (C=O) groups is 2. The van der Waals surface area contributed by atoms with Crippen LogP contribution in [0.3, 0.4) is 0 Å². The van der Waals surface area contributed by atoms with Crippen molar-refractivity contribution >= 4 is 35.1 Å². The summed E-state index contributed by atoms with van der Waals surface area (Å²) in [6.45, 7) is 4.59. The van der Waals surface area contributed by atoms with Gasteiger partial charge in [-0.2, -0.15) is 0 Å². The van der Waals surface area contributed by atoms with Crippen molar-refractivity contribution in [1.82, 2.24) is 14.9 Å². The van der Waals surface area contributed by atoms with E-state index in [-0.39, 0.29) is 51.9 Å². The second-order valence-electron chi connectivity index (χ2n) is 10.6. The molecule has 38 heavy (non-hydrogen) atoms. The standard InChI is InChI=1S/C28H26ClF2N5O2/c1-15-10-17(15)26(37)35-12-16(13-35)34-25-24(31)22-18(11-33-25)27(38)36(21-8-3-4-9-32-21)14-28(22,2)19-6-5-7-20(29)23(19)30/h3-9,11,15-17H,10,12-14H2,1-2H3,(H,33,34)/t15?,17?,28-/m1/s1. The van der Waals surface area contributed by atoms with Crippen LogP contribution in [0.5, 0.6) is 0 Å². The zero-order chi connectivity index (χ0) is 26.8. The number of nitrogens with zero attached hydrogens (tertiary/aromatic N) is 4. The van der Waals surface area contributed by atoms with Gasteiger partial charge in [0.2, 0.25) is 5.91 Å². The number of hydrogen-bond donors (Lipinski definition) is 1. The van der Waals surface area contributed by atoms with Crippen molar-refractivity contribution in [1.29, 1.82) is 0 Å². The molecule has 10 heteroatoms. The molecule has 1 saturated carbocycles. The van der Waals surface area contributed by atoms with Crippen LogP contribution >= 0.6 is 11.6 Å². The fourth-order valence-corrected chi connectivity index (χ4v) is 5.77. The third-order valence-electron chi connectivity index (χ3n) is 7.95. The molecule has 2 amide bonds. The van der Waals surface area contributed by atoms with Gasteiger partial charge in [0.15, 0.2) is 11.6 Å². The Morgan fingerprint density at radius 3 is 2.58 bits per heavy atom. The first kappa shape index (κ1) is 24.7. The van der Waals surface area contributed by atoms with Crippen LogP contribution in [-0.2, 0) is 10.2 Å². The molecule has 0 radical (unpaired) electrons. The molecule has 3 aromatic rings. The van der Waals surface area contributed by atoms with Crippen molar-refractivity contribution in [3.8, 4) is 0 Å². The number of carbonyl (C=O) groups excluding carboxylic acids is 2. The van der Waals surface area contributed by atoms with E-state index in [0.717, 1.165) is 6.42 Å². The van der Waals surface area contributed by atoms with Crippen LogP contribution in [0.15, 0.2) is 48.8 Å². The van der Waals surface area contributed by atoms with Crippen molar-refractivity contribution in [3.05, 3.63) is 82.1 Å². The largest absolute Gasteiger partial charge is 0.361 e. The average molecular weight is 538 g/mol.